The second-order valence-electron chi connectivity index (χ2n) is 7.45. The maximum Gasteiger partial charge on any atom is 0.242 e. The summed E-state index contributed by atoms with van der Waals surface area (Å²) in [5.41, 5.74) is 1.34. The molecule has 7 nitrogen and oxygen atoms in total. The van der Waals surface area contributed by atoms with Gasteiger partial charge in [0, 0.05) is 24.3 Å². The van der Waals surface area contributed by atoms with Crippen LogP contribution in [0.5, 0.6) is 0 Å². The molecule has 30 heavy (non-hydrogen) atoms. The van der Waals surface area contributed by atoms with Gasteiger partial charge in [-0.3, -0.25) is 9.59 Å². The molecule has 2 N–H and O–H groups in total. The van der Waals surface area contributed by atoms with Crippen LogP contribution < -0.4 is 10.0 Å². The van der Waals surface area contributed by atoms with E-state index in [1.54, 1.807) is 64.3 Å². The molecule has 0 bridgehead atoms. The van der Waals surface area contributed by atoms with Crippen molar-refractivity contribution in [3.05, 3.63) is 58.6 Å². The van der Waals surface area contributed by atoms with Crippen molar-refractivity contribution in [3.8, 4) is 0 Å². The van der Waals surface area contributed by atoms with Crippen molar-refractivity contribution in [2.75, 3.05) is 19.4 Å². The van der Waals surface area contributed by atoms with Gasteiger partial charge in [-0.2, -0.15) is 4.72 Å². The van der Waals surface area contributed by atoms with Gasteiger partial charge >= 0.3 is 0 Å². The fraction of sp³-hybridized carbons (Fsp3) is 0.333. The van der Waals surface area contributed by atoms with E-state index in [2.05, 4.69) is 26.0 Å². The fourth-order valence-corrected chi connectivity index (χ4v) is 4.21. The Hall–Kier alpha value is -2.23. The summed E-state index contributed by atoms with van der Waals surface area (Å²) in [5.74, 6) is -0.746. The van der Waals surface area contributed by atoms with Gasteiger partial charge in [-0.25, -0.2) is 8.42 Å². The lowest BCUT2D eigenvalue weighted by molar-refractivity contribution is -0.128. The first-order valence-electron chi connectivity index (χ1n) is 9.37. The molecule has 0 spiro atoms. The summed E-state index contributed by atoms with van der Waals surface area (Å²) in [6.45, 7) is 3.54. The first-order chi connectivity index (χ1) is 14.0. The molecule has 1 atom stereocenters. The highest BCUT2D eigenvalue weighted by atomic mass is 79.9. The average Bonchev–Trinajstić information content (AvgIpc) is 2.67. The number of nitrogens with zero attached hydrogens (tertiary/aromatic N) is 1. The number of sulfonamides is 1. The van der Waals surface area contributed by atoms with Crippen LogP contribution >= 0.6 is 15.9 Å². The van der Waals surface area contributed by atoms with Gasteiger partial charge in [0.05, 0.1) is 11.3 Å². The van der Waals surface area contributed by atoms with E-state index in [9.17, 15) is 18.0 Å². The molecule has 2 amide bonds. The maximum absolute atomic E-state index is 12.8. The smallest absolute Gasteiger partial charge is 0.242 e. The SMILES string of the molecule is CC(C)[C@H](NS(=O)(=O)c1ccc(Br)cc1)C(=O)Nc1ccc(CC(=O)N(C)C)cc1. The van der Waals surface area contributed by atoms with Gasteiger partial charge in [0.25, 0.3) is 0 Å². The minimum absolute atomic E-state index is 0.0194. The molecule has 0 saturated carbocycles. The van der Waals surface area contributed by atoms with Gasteiger partial charge in [-0.1, -0.05) is 41.9 Å². The minimum atomic E-state index is -3.86. The van der Waals surface area contributed by atoms with E-state index >= 15 is 0 Å². The Kier molecular flexibility index (Phi) is 8.17. The first-order valence-corrected chi connectivity index (χ1v) is 11.6. The molecule has 9 heteroatoms. The molecular weight excluding hydrogens is 470 g/mol. The van der Waals surface area contributed by atoms with Crippen molar-refractivity contribution in [1.82, 2.24) is 9.62 Å². The molecule has 162 valence electrons. The number of benzene rings is 2. The van der Waals surface area contributed by atoms with Crippen LogP contribution in [0.1, 0.15) is 19.4 Å². The third-order valence-electron chi connectivity index (χ3n) is 4.43. The summed E-state index contributed by atoms with van der Waals surface area (Å²) in [4.78, 5) is 26.2. The number of nitrogens with one attached hydrogen (secondary N) is 2. The Morgan fingerprint density at radius 1 is 1.00 bits per heavy atom. The van der Waals surface area contributed by atoms with Crippen LogP contribution in [-0.4, -0.2) is 45.3 Å². The molecule has 0 saturated heterocycles. The van der Waals surface area contributed by atoms with Crippen molar-refractivity contribution in [3.63, 3.8) is 0 Å². The molecular formula is C21H26BrN3O4S. The van der Waals surface area contributed by atoms with Crippen LogP contribution in [0.25, 0.3) is 0 Å². The number of anilines is 1. The third-order valence-corrected chi connectivity index (χ3v) is 6.42. The van der Waals surface area contributed by atoms with Gasteiger partial charge in [0.15, 0.2) is 0 Å². The van der Waals surface area contributed by atoms with Crippen LogP contribution in [0.15, 0.2) is 57.9 Å². The highest BCUT2D eigenvalue weighted by molar-refractivity contribution is 9.10. The van der Waals surface area contributed by atoms with E-state index in [0.717, 1.165) is 10.0 Å². The van der Waals surface area contributed by atoms with Crippen LogP contribution in [0.2, 0.25) is 0 Å². The van der Waals surface area contributed by atoms with Crippen molar-refractivity contribution in [2.45, 2.75) is 31.2 Å². The average molecular weight is 496 g/mol. The molecule has 2 aromatic rings. The zero-order valence-corrected chi connectivity index (χ0v) is 19.7. The number of amides is 2. The van der Waals surface area contributed by atoms with E-state index in [-0.39, 0.29) is 23.1 Å². The van der Waals surface area contributed by atoms with Crippen LogP contribution in [0.4, 0.5) is 5.69 Å². The van der Waals surface area contributed by atoms with E-state index in [4.69, 9.17) is 0 Å². The second kappa shape index (κ2) is 10.2. The Morgan fingerprint density at radius 3 is 2.07 bits per heavy atom. The largest absolute Gasteiger partial charge is 0.349 e. The number of carbonyl (C=O) groups excluding carboxylic acids is 2. The quantitative estimate of drug-likeness (QED) is 0.588. The van der Waals surface area contributed by atoms with Crippen LogP contribution in [0.3, 0.4) is 0 Å². The molecule has 2 aromatic carbocycles. The van der Waals surface area contributed by atoms with Crippen molar-refractivity contribution in [1.29, 1.82) is 0 Å². The zero-order chi connectivity index (χ0) is 22.5. The molecule has 0 fully saturated rings. The molecule has 0 aromatic heterocycles. The monoisotopic (exact) mass is 495 g/mol. The Balaban J connectivity index is 2.10. The fourth-order valence-electron chi connectivity index (χ4n) is 2.60. The standard InChI is InChI=1S/C21H26BrN3O4S/c1-14(2)20(24-30(28,29)18-11-7-16(22)8-12-18)21(27)23-17-9-5-15(6-10-17)13-19(26)25(3)4/h5-12,14,20,24H,13H2,1-4H3,(H,23,27)/t20-/m0/s1. The van der Waals surface area contributed by atoms with Gasteiger partial charge in [-0.05, 0) is 47.9 Å². The van der Waals surface area contributed by atoms with Gasteiger partial charge in [0.1, 0.15) is 6.04 Å². The lowest BCUT2D eigenvalue weighted by Crippen LogP contribution is -2.47. The number of halogens is 1. The number of rotatable bonds is 8. The van der Waals surface area contributed by atoms with Crippen LogP contribution in [-0.2, 0) is 26.0 Å². The summed E-state index contributed by atoms with van der Waals surface area (Å²) in [5, 5.41) is 2.74. The van der Waals surface area contributed by atoms with E-state index < -0.39 is 22.0 Å². The number of carbonyl (C=O) groups is 2. The lowest BCUT2D eigenvalue weighted by Gasteiger charge is -2.22. The Morgan fingerprint density at radius 2 is 1.57 bits per heavy atom. The molecule has 0 aliphatic carbocycles. The Bertz CT molecular complexity index is 988. The lowest BCUT2D eigenvalue weighted by atomic mass is 10.0. The van der Waals surface area contributed by atoms with Crippen LogP contribution in [0, 0.1) is 5.92 Å². The zero-order valence-electron chi connectivity index (χ0n) is 17.3. The Labute approximate surface area is 186 Å². The highest BCUT2D eigenvalue weighted by Gasteiger charge is 2.28. The summed E-state index contributed by atoms with van der Waals surface area (Å²) in [7, 11) is -0.475. The molecule has 0 heterocycles. The van der Waals surface area contributed by atoms with Gasteiger partial charge in [0.2, 0.25) is 21.8 Å². The predicted molar refractivity (Wildman–Crippen MR) is 121 cm³/mol. The first kappa shape index (κ1) is 24.0. The van der Waals surface area contributed by atoms with Gasteiger partial charge in [-0.15, -0.1) is 0 Å². The topological polar surface area (TPSA) is 95.6 Å². The van der Waals surface area contributed by atoms with E-state index in [1.807, 2.05) is 0 Å². The molecule has 0 aliphatic heterocycles. The highest BCUT2D eigenvalue weighted by Crippen LogP contribution is 2.17. The van der Waals surface area contributed by atoms with E-state index in [1.165, 1.54) is 17.0 Å². The predicted octanol–water partition coefficient (Wildman–Crippen LogP) is 3.02. The molecule has 0 unspecified atom stereocenters. The van der Waals surface area contributed by atoms with Crippen molar-refractivity contribution in [2.24, 2.45) is 5.92 Å². The number of hydrogen-bond donors (Lipinski definition) is 2. The van der Waals surface area contributed by atoms with Crippen molar-refractivity contribution < 1.29 is 18.0 Å². The van der Waals surface area contributed by atoms with E-state index in [0.29, 0.717) is 5.69 Å². The summed E-state index contributed by atoms with van der Waals surface area (Å²) >= 11 is 3.27. The number of hydrogen-bond acceptors (Lipinski definition) is 4. The second-order valence-corrected chi connectivity index (χ2v) is 10.1. The normalized spacial score (nSPS) is 12.5. The molecule has 2 rings (SSSR count). The summed E-state index contributed by atoms with van der Waals surface area (Å²) < 4.78 is 28.6. The molecule has 0 aliphatic rings. The maximum atomic E-state index is 12.8. The van der Waals surface area contributed by atoms with Gasteiger partial charge < -0.3 is 10.2 Å². The summed E-state index contributed by atoms with van der Waals surface area (Å²) in [6.07, 6.45) is 0.267. The summed E-state index contributed by atoms with van der Waals surface area (Å²) in [6, 6.07) is 12.1. The van der Waals surface area contributed by atoms with Crippen molar-refractivity contribution >= 4 is 43.5 Å². The number of likely N-dealkylation sites (N-methyl/N-ethyl adjacent to an activating group) is 1. The third kappa shape index (κ3) is 6.65. The molecule has 0 radical (unpaired) electrons. The minimum Gasteiger partial charge on any atom is -0.349 e.